The summed E-state index contributed by atoms with van der Waals surface area (Å²) < 4.78 is 0. The Kier molecular flexibility index (Phi) is 9.89. The van der Waals surface area contributed by atoms with E-state index in [1.807, 2.05) is 53.7 Å². The van der Waals surface area contributed by atoms with Gasteiger partial charge in [0.25, 0.3) is 0 Å². The van der Waals surface area contributed by atoms with Gasteiger partial charge >= 0.3 is 27.0 Å². The van der Waals surface area contributed by atoms with Crippen molar-refractivity contribution in [3.63, 3.8) is 0 Å². The molecule has 0 unspecified atom stereocenters. The molecule has 9 heteroatoms. The van der Waals surface area contributed by atoms with E-state index in [2.05, 4.69) is 37.2 Å². The Morgan fingerprint density at radius 1 is 1.04 bits per heavy atom. The molecule has 6 nitrogen and oxygen atoms in total. The number of rotatable bonds is 8. The Balaban J connectivity index is 0.00000136. The molecule has 0 aromatic carbocycles. The van der Waals surface area contributed by atoms with Gasteiger partial charge < -0.3 is 4.90 Å². The van der Waals surface area contributed by atoms with Crippen LogP contribution in [-0.4, -0.2) is 45.0 Å². The predicted molar refractivity (Wildman–Crippen MR) is 109 cm³/mol. The first-order chi connectivity index (χ1) is 13.7. The van der Waals surface area contributed by atoms with E-state index in [0.29, 0.717) is 6.54 Å². The normalized spacial score (nSPS) is 16.0. The van der Waals surface area contributed by atoms with Crippen LogP contribution in [0.25, 0.3) is 0 Å². The molecule has 0 radical (unpaired) electrons. The molecule has 2 amide bonds. The maximum absolute atomic E-state index is 11.9. The van der Waals surface area contributed by atoms with Crippen LogP contribution in [0.4, 0.5) is 11.6 Å². The molecule has 28 heavy (non-hydrogen) atoms. The number of carbonyl (C=O) groups is 2. The van der Waals surface area contributed by atoms with Gasteiger partial charge in [-0.25, -0.2) is 9.97 Å². The van der Waals surface area contributed by atoms with Crippen LogP contribution in [0.1, 0.15) is 25.7 Å². The number of likely N-dealkylation sites (tertiary alicyclic amines) is 1. The number of aromatic nitrogens is 2. The molecule has 2 aromatic heterocycles. The average molecular weight is 507 g/mol. The van der Waals surface area contributed by atoms with Crippen molar-refractivity contribution in [1.82, 2.24) is 14.9 Å². The molecule has 0 bridgehead atoms. The van der Waals surface area contributed by atoms with Crippen molar-refractivity contribution in [3.8, 4) is 0 Å². The summed E-state index contributed by atoms with van der Waals surface area (Å²) in [5.74, 6) is 1.43. The molecule has 1 aliphatic heterocycles. The van der Waals surface area contributed by atoms with Crippen LogP contribution in [0.2, 0.25) is 0 Å². The van der Waals surface area contributed by atoms with Gasteiger partial charge in [-0.05, 0) is 43.5 Å². The second-order valence-electron chi connectivity index (χ2n) is 6.19. The molecule has 151 valence electrons. The molecular weight excluding hydrogens is 485 g/mol. The standard InChI is InChI=1S/C19H22N4O2S.ClH.Ru/c24-18-14-15(26)19(25)23(18)13-7-1-6-12-22(16-8-2-4-10-20-16)17-9-3-5-11-21-17;;/h2-5,8-11,15,26H,1,6-7,12-14H2;1H;/q;;+1/p-1/t15-;;/m1../s1. The predicted octanol–water partition coefficient (Wildman–Crippen LogP) is 3.53. The third-order valence-electron chi connectivity index (χ3n) is 4.34. The second-order valence-corrected chi connectivity index (χ2v) is 6.82. The van der Waals surface area contributed by atoms with E-state index >= 15 is 0 Å². The van der Waals surface area contributed by atoms with E-state index in [4.69, 9.17) is 0 Å². The number of imide groups is 1. The fourth-order valence-electron chi connectivity index (χ4n) is 2.99. The molecule has 1 atom stereocenters. The van der Waals surface area contributed by atoms with Crippen LogP contribution in [0.3, 0.4) is 0 Å². The van der Waals surface area contributed by atoms with E-state index in [9.17, 15) is 9.59 Å². The number of pyridine rings is 2. The number of anilines is 2. The van der Waals surface area contributed by atoms with Crippen molar-refractivity contribution in [3.05, 3.63) is 48.8 Å². The Morgan fingerprint density at radius 3 is 2.11 bits per heavy atom. The summed E-state index contributed by atoms with van der Waals surface area (Å²) in [6.45, 7) is 1.24. The van der Waals surface area contributed by atoms with E-state index in [0.717, 1.165) is 37.4 Å². The van der Waals surface area contributed by atoms with Crippen molar-refractivity contribution in [1.29, 1.82) is 0 Å². The number of halogens is 1. The summed E-state index contributed by atoms with van der Waals surface area (Å²) in [6.07, 6.45) is 6.36. The summed E-state index contributed by atoms with van der Waals surface area (Å²) >= 11 is 5.97. The van der Waals surface area contributed by atoms with Gasteiger partial charge in [-0.15, -0.1) is 0 Å². The topological polar surface area (TPSA) is 66.4 Å². The third kappa shape index (κ3) is 6.26. The van der Waals surface area contributed by atoms with Gasteiger partial charge in [0, 0.05) is 31.9 Å². The van der Waals surface area contributed by atoms with Crippen LogP contribution in [-0.2, 0) is 26.9 Å². The van der Waals surface area contributed by atoms with E-state index in [1.54, 1.807) is 12.4 Å². The van der Waals surface area contributed by atoms with Gasteiger partial charge in [-0.1, -0.05) is 12.1 Å². The van der Waals surface area contributed by atoms with E-state index in [1.165, 1.54) is 4.90 Å². The van der Waals surface area contributed by atoms with Gasteiger partial charge in [0.1, 0.15) is 11.6 Å². The molecule has 1 fully saturated rings. The van der Waals surface area contributed by atoms with Crippen molar-refractivity contribution in [2.24, 2.45) is 0 Å². The quantitative estimate of drug-likeness (QED) is 0.257. The molecule has 0 saturated carbocycles. The summed E-state index contributed by atoms with van der Waals surface area (Å²) in [4.78, 5) is 35.9. The molecule has 0 spiro atoms. The second kappa shape index (κ2) is 12.1. The van der Waals surface area contributed by atoms with Crippen molar-refractivity contribution in [2.75, 3.05) is 18.0 Å². The zero-order valence-corrected chi connectivity index (χ0v) is 18.6. The Morgan fingerprint density at radius 2 is 1.64 bits per heavy atom. The number of nitrogens with zero attached hydrogens (tertiary/aromatic N) is 4. The number of thiol groups is 1. The molecule has 0 N–H and O–H groups in total. The van der Waals surface area contributed by atoms with Crippen LogP contribution in [0.5, 0.6) is 0 Å². The first-order valence-electron chi connectivity index (χ1n) is 8.92. The van der Waals surface area contributed by atoms with Crippen LogP contribution in [0, 0.1) is 0 Å². The first kappa shape index (κ1) is 22.8. The van der Waals surface area contributed by atoms with Gasteiger partial charge in [0.05, 0.1) is 5.25 Å². The monoisotopic (exact) mass is 507 g/mol. The first-order valence-corrected chi connectivity index (χ1v) is 11.7. The summed E-state index contributed by atoms with van der Waals surface area (Å²) in [6, 6.07) is 11.6. The Hall–Kier alpha value is -1.50. The third-order valence-corrected chi connectivity index (χ3v) is 4.74. The van der Waals surface area contributed by atoms with Gasteiger partial charge in [-0.3, -0.25) is 14.5 Å². The minimum atomic E-state index is -0.466. The van der Waals surface area contributed by atoms with Crippen LogP contribution < -0.4 is 4.90 Å². The van der Waals surface area contributed by atoms with Crippen molar-refractivity contribution in [2.45, 2.75) is 30.9 Å². The van der Waals surface area contributed by atoms with Crippen molar-refractivity contribution >= 4 is 45.8 Å². The zero-order valence-electron chi connectivity index (χ0n) is 15.2. The number of amides is 2. The number of unbranched alkanes of at least 4 members (excludes halogenated alkanes) is 2. The fourth-order valence-corrected chi connectivity index (χ4v) is 3.29. The molecule has 2 aromatic rings. The number of hydrogen-bond acceptors (Lipinski definition) is 6. The Labute approximate surface area is 184 Å². The minimum absolute atomic E-state index is 0.112. The molecular formula is C19H22ClN4O2RuS. The molecule has 1 saturated heterocycles. The molecule has 3 heterocycles. The summed E-state index contributed by atoms with van der Waals surface area (Å²) in [5.41, 5.74) is 0. The Bertz CT molecular complexity index is 715. The summed E-state index contributed by atoms with van der Waals surface area (Å²) in [7, 11) is 4.57. The van der Waals surface area contributed by atoms with Gasteiger partial charge in [0.2, 0.25) is 11.8 Å². The van der Waals surface area contributed by atoms with Crippen molar-refractivity contribution < 1.29 is 26.9 Å². The van der Waals surface area contributed by atoms with E-state index in [-0.39, 0.29) is 18.2 Å². The molecule has 0 aliphatic carbocycles. The number of carbonyl (C=O) groups excluding carboxylic acids is 2. The fraction of sp³-hybridized carbons (Fsp3) is 0.368. The average Bonchev–Trinajstić information content (AvgIpc) is 2.99. The van der Waals surface area contributed by atoms with Gasteiger partial charge in [-0.2, -0.15) is 12.6 Å². The zero-order chi connectivity index (χ0) is 20.4. The van der Waals surface area contributed by atoms with Crippen LogP contribution in [0.15, 0.2) is 48.8 Å². The number of hydrogen-bond donors (Lipinski definition) is 1. The van der Waals surface area contributed by atoms with Gasteiger partial charge in [0.15, 0.2) is 0 Å². The molecule has 3 rings (SSSR count). The van der Waals surface area contributed by atoms with Crippen LogP contribution >= 0.6 is 22.3 Å². The molecule has 1 aliphatic rings. The SMILES string of the molecule is O=C1C[C@@H](S)C(=O)N1CCCCCN(c1ccccn1)c1ccccn1.[Cl][Ru]. The van der Waals surface area contributed by atoms with E-state index < -0.39 is 5.25 Å². The summed E-state index contributed by atoms with van der Waals surface area (Å²) in [5, 5.41) is -0.466. The maximum atomic E-state index is 11.9.